The largest absolute Gasteiger partial charge is 0.325 e. The second-order valence-corrected chi connectivity index (χ2v) is 10.3. The van der Waals surface area contributed by atoms with E-state index in [0.717, 1.165) is 29.7 Å². The highest BCUT2D eigenvalue weighted by atomic mass is 35.5. The molecule has 3 aromatic rings. The fraction of sp³-hybridized carbons (Fsp3) is 0.269. The maximum atomic E-state index is 13.7. The molecule has 2 atom stereocenters. The highest BCUT2D eigenvalue weighted by Gasteiger charge is 2.53. The maximum Gasteiger partial charge on any atom is 0.321 e. The van der Waals surface area contributed by atoms with Crippen LogP contribution in [-0.2, 0) is 16.6 Å². The van der Waals surface area contributed by atoms with Crippen LogP contribution in [0.3, 0.4) is 0 Å². The zero-order chi connectivity index (χ0) is 24.6. The third kappa shape index (κ3) is 4.70. The number of carbonyl (C=O) groups excluding carboxylic acids is 2. The molecule has 9 heteroatoms. The molecule has 0 saturated carbocycles. The summed E-state index contributed by atoms with van der Waals surface area (Å²) in [6.07, 6.45) is 3.58. The Kier molecular flexibility index (Phi) is 6.62. The Bertz CT molecular complexity index is 1280. The lowest BCUT2D eigenvalue weighted by Gasteiger charge is -2.42. The number of rotatable bonds is 4. The van der Waals surface area contributed by atoms with Gasteiger partial charge in [-0.15, -0.1) is 0 Å². The highest BCUT2D eigenvalue weighted by molar-refractivity contribution is 6.31. The van der Waals surface area contributed by atoms with Crippen LogP contribution in [0, 0.1) is 5.92 Å². The van der Waals surface area contributed by atoms with Crippen molar-refractivity contribution in [1.29, 1.82) is 0 Å². The van der Waals surface area contributed by atoms with Gasteiger partial charge in [-0.3, -0.25) is 4.79 Å². The number of nitrogens with zero attached hydrogens (tertiary/aromatic N) is 2. The number of aromatic nitrogens is 1. The molecule has 6 nitrogen and oxygen atoms in total. The van der Waals surface area contributed by atoms with E-state index in [2.05, 4.69) is 15.6 Å². The monoisotopic (exact) mass is 528 g/mol. The number of benzene rings is 2. The van der Waals surface area contributed by atoms with E-state index in [1.807, 2.05) is 36.4 Å². The van der Waals surface area contributed by atoms with Crippen LogP contribution in [0.15, 0.2) is 60.8 Å². The fourth-order valence-corrected chi connectivity index (χ4v) is 5.77. The average Bonchev–Trinajstić information content (AvgIpc) is 3.11. The number of fused-ring (bicyclic) bond motifs is 1. The zero-order valence-electron chi connectivity index (χ0n) is 18.7. The van der Waals surface area contributed by atoms with E-state index in [1.165, 1.54) is 6.20 Å². The van der Waals surface area contributed by atoms with Gasteiger partial charge in [-0.2, -0.15) is 0 Å². The van der Waals surface area contributed by atoms with Crippen molar-refractivity contribution in [3.05, 3.63) is 87.1 Å². The minimum Gasteiger partial charge on any atom is -0.325 e. The van der Waals surface area contributed by atoms with Gasteiger partial charge in [0.05, 0.1) is 17.3 Å². The first kappa shape index (κ1) is 23.9. The second-order valence-electron chi connectivity index (χ2n) is 9.01. The van der Waals surface area contributed by atoms with Crippen LogP contribution < -0.4 is 10.6 Å². The zero-order valence-corrected chi connectivity index (χ0v) is 21.0. The van der Waals surface area contributed by atoms with Crippen LogP contribution in [0.25, 0.3) is 0 Å². The molecule has 35 heavy (non-hydrogen) atoms. The van der Waals surface area contributed by atoms with Crippen molar-refractivity contribution < 1.29 is 9.59 Å². The van der Waals surface area contributed by atoms with Gasteiger partial charge in [0.15, 0.2) is 0 Å². The number of likely N-dealkylation sites (tertiary alicyclic amines) is 1. The van der Waals surface area contributed by atoms with Crippen LogP contribution in [0.5, 0.6) is 0 Å². The first-order valence-electron chi connectivity index (χ1n) is 11.4. The standard InChI is InChI=1S/C26H23Cl3N4O2/c27-18-5-1-3-16(11-18)13-26(21-8-6-19(28)12-22(21)32-24(26)34)17-4-2-10-33(15-17)25(35)31-20-7-9-23(29)30-14-20/h1,3,5-9,11-12,14,17H,2,4,10,13,15H2,(H,31,35)(H,32,34). The summed E-state index contributed by atoms with van der Waals surface area (Å²) in [6.45, 7) is 1.04. The third-order valence-electron chi connectivity index (χ3n) is 6.87. The van der Waals surface area contributed by atoms with E-state index in [9.17, 15) is 9.59 Å². The van der Waals surface area contributed by atoms with Crippen LogP contribution in [0.4, 0.5) is 16.2 Å². The van der Waals surface area contributed by atoms with Gasteiger partial charge in [-0.1, -0.05) is 53.0 Å². The van der Waals surface area contributed by atoms with Gasteiger partial charge in [0.1, 0.15) is 5.15 Å². The number of carbonyl (C=O) groups is 2. The van der Waals surface area contributed by atoms with E-state index in [4.69, 9.17) is 34.8 Å². The molecular weight excluding hydrogens is 507 g/mol. The lowest BCUT2D eigenvalue weighted by molar-refractivity contribution is -0.123. The predicted molar refractivity (Wildman–Crippen MR) is 139 cm³/mol. The molecule has 3 heterocycles. The summed E-state index contributed by atoms with van der Waals surface area (Å²) in [7, 11) is 0. The molecule has 1 fully saturated rings. The van der Waals surface area contributed by atoms with E-state index in [-0.39, 0.29) is 17.9 Å². The number of pyridine rings is 1. The van der Waals surface area contributed by atoms with Crippen molar-refractivity contribution in [2.24, 2.45) is 5.92 Å². The normalized spacial score (nSPS) is 21.4. The molecule has 1 aromatic heterocycles. The average molecular weight is 530 g/mol. The summed E-state index contributed by atoms with van der Waals surface area (Å²) in [6, 6.07) is 16.2. The first-order valence-corrected chi connectivity index (χ1v) is 12.5. The number of anilines is 2. The van der Waals surface area contributed by atoms with Gasteiger partial charge < -0.3 is 15.5 Å². The Morgan fingerprint density at radius 1 is 1.11 bits per heavy atom. The molecule has 0 aliphatic carbocycles. The Balaban J connectivity index is 1.48. The van der Waals surface area contributed by atoms with Gasteiger partial charge in [0, 0.05) is 28.8 Å². The van der Waals surface area contributed by atoms with E-state index >= 15 is 0 Å². The minimum absolute atomic E-state index is 0.0797. The smallest absolute Gasteiger partial charge is 0.321 e. The molecule has 180 valence electrons. The summed E-state index contributed by atoms with van der Waals surface area (Å²) >= 11 is 18.4. The van der Waals surface area contributed by atoms with Gasteiger partial charge >= 0.3 is 6.03 Å². The van der Waals surface area contributed by atoms with Crippen molar-refractivity contribution in [2.45, 2.75) is 24.7 Å². The predicted octanol–water partition coefficient (Wildman–Crippen LogP) is 6.42. The quantitative estimate of drug-likeness (QED) is 0.383. The molecular formula is C26H23Cl3N4O2. The lowest BCUT2D eigenvalue weighted by Crippen LogP contribution is -2.52. The molecule has 2 unspecified atom stereocenters. The van der Waals surface area contributed by atoms with E-state index < -0.39 is 5.41 Å². The molecule has 1 saturated heterocycles. The first-order chi connectivity index (χ1) is 16.8. The second kappa shape index (κ2) is 9.69. The van der Waals surface area contributed by atoms with Crippen molar-refractivity contribution in [1.82, 2.24) is 9.88 Å². The van der Waals surface area contributed by atoms with Gasteiger partial charge in [0.25, 0.3) is 0 Å². The molecule has 5 rings (SSSR count). The number of amides is 3. The summed E-state index contributed by atoms with van der Waals surface area (Å²) < 4.78 is 0. The number of urea groups is 1. The summed E-state index contributed by atoms with van der Waals surface area (Å²) in [5.41, 5.74) is 2.29. The molecule has 2 aromatic carbocycles. The van der Waals surface area contributed by atoms with Crippen molar-refractivity contribution in [3.8, 4) is 0 Å². The third-order valence-corrected chi connectivity index (χ3v) is 7.57. The summed E-state index contributed by atoms with van der Waals surface area (Å²) in [5, 5.41) is 7.48. The molecule has 2 aliphatic heterocycles. The van der Waals surface area contributed by atoms with Crippen LogP contribution in [-0.4, -0.2) is 34.9 Å². The van der Waals surface area contributed by atoms with Crippen LogP contribution in [0.1, 0.15) is 24.0 Å². The number of halogens is 3. The maximum absolute atomic E-state index is 13.7. The Labute approximate surface area is 218 Å². The van der Waals surface area contributed by atoms with Crippen molar-refractivity contribution in [2.75, 3.05) is 23.7 Å². The van der Waals surface area contributed by atoms with E-state index in [1.54, 1.807) is 23.1 Å². The SMILES string of the molecule is O=C(Nc1ccc(Cl)nc1)N1CCCC(C2(Cc3cccc(Cl)c3)C(=O)Nc3cc(Cl)ccc32)C1. The molecule has 3 amide bonds. The molecule has 0 spiro atoms. The molecule has 2 N–H and O–H groups in total. The topological polar surface area (TPSA) is 74.3 Å². The van der Waals surface area contributed by atoms with Crippen molar-refractivity contribution in [3.63, 3.8) is 0 Å². The Hall–Kier alpha value is -2.80. The Morgan fingerprint density at radius 2 is 1.94 bits per heavy atom. The van der Waals surface area contributed by atoms with Crippen molar-refractivity contribution >= 4 is 58.1 Å². The van der Waals surface area contributed by atoms with Gasteiger partial charge in [-0.05, 0) is 72.7 Å². The van der Waals surface area contributed by atoms with Crippen LogP contribution in [0.2, 0.25) is 15.2 Å². The summed E-state index contributed by atoms with van der Waals surface area (Å²) in [5.74, 6) is -0.185. The Morgan fingerprint density at radius 3 is 2.71 bits per heavy atom. The number of hydrogen-bond donors (Lipinski definition) is 2. The molecule has 2 aliphatic rings. The minimum atomic E-state index is -0.856. The molecule has 0 bridgehead atoms. The number of nitrogens with one attached hydrogen (secondary N) is 2. The number of piperidine rings is 1. The fourth-order valence-electron chi connectivity index (χ4n) is 5.28. The van der Waals surface area contributed by atoms with Gasteiger partial charge in [0.2, 0.25) is 5.91 Å². The lowest BCUT2D eigenvalue weighted by atomic mass is 9.65. The highest BCUT2D eigenvalue weighted by Crippen LogP contribution is 2.49. The number of hydrogen-bond acceptors (Lipinski definition) is 3. The molecule has 0 radical (unpaired) electrons. The van der Waals surface area contributed by atoms with Gasteiger partial charge in [-0.25, -0.2) is 9.78 Å². The van der Waals surface area contributed by atoms with Crippen LogP contribution >= 0.6 is 34.8 Å². The van der Waals surface area contributed by atoms with E-state index in [0.29, 0.717) is 40.4 Å². The summed E-state index contributed by atoms with van der Waals surface area (Å²) in [4.78, 5) is 32.6.